The molecule has 0 heterocycles. The minimum absolute atomic E-state index is 0.287. The molecule has 0 bridgehead atoms. The van der Waals surface area contributed by atoms with Gasteiger partial charge in [-0.1, -0.05) is 12.8 Å². The largest absolute Gasteiger partial charge is 0.393 e. The average molecular weight is 181 g/mol. The first-order valence-corrected chi connectivity index (χ1v) is 4.29. The zero-order valence-electron chi connectivity index (χ0n) is 7.12. The third-order valence-corrected chi connectivity index (χ3v) is 2.56. The second-order valence-corrected chi connectivity index (χ2v) is 3.33. The molecule has 0 amide bonds. The first-order valence-electron chi connectivity index (χ1n) is 4.29. The summed E-state index contributed by atoms with van der Waals surface area (Å²) in [5.74, 6) is -1.13. The van der Waals surface area contributed by atoms with Crippen LogP contribution in [0, 0.1) is 5.92 Å². The van der Waals surface area contributed by atoms with Gasteiger partial charge in [0.15, 0.2) is 0 Å². The van der Waals surface area contributed by atoms with Gasteiger partial charge in [0.1, 0.15) is 0 Å². The summed E-state index contributed by atoms with van der Waals surface area (Å²) in [5, 5.41) is 2.74. The van der Waals surface area contributed by atoms with Crippen LogP contribution in [0.3, 0.4) is 0 Å². The smallest absolute Gasteiger partial charge is 0.316 e. The van der Waals surface area contributed by atoms with Crippen molar-refractivity contribution < 1.29 is 13.2 Å². The molecule has 1 aliphatic carbocycles. The van der Waals surface area contributed by atoms with Crippen molar-refractivity contribution in [1.82, 2.24) is 5.32 Å². The van der Waals surface area contributed by atoms with Crippen molar-refractivity contribution >= 4 is 0 Å². The van der Waals surface area contributed by atoms with Gasteiger partial charge in [-0.2, -0.15) is 13.2 Å². The predicted molar refractivity (Wildman–Crippen MR) is 40.9 cm³/mol. The Bertz CT molecular complexity index is 144. The molecule has 12 heavy (non-hydrogen) atoms. The fourth-order valence-electron chi connectivity index (χ4n) is 1.87. The molecule has 0 saturated heterocycles. The standard InChI is InChI=1S/C8H14F3N/c1-12-7-5-3-2-4-6(7)8(9,10)11/h6-7,12H,2-5H2,1H3/t6-,7-/m1/s1. The average Bonchev–Trinajstić information content (AvgIpc) is 2.03. The SMILES string of the molecule is CN[C@@H]1CCCC[C@H]1C(F)(F)F. The van der Waals surface area contributed by atoms with Gasteiger partial charge in [0.2, 0.25) is 0 Å². The summed E-state index contributed by atoms with van der Waals surface area (Å²) in [4.78, 5) is 0. The van der Waals surface area contributed by atoms with Crippen LogP contribution in [0.5, 0.6) is 0 Å². The van der Waals surface area contributed by atoms with Crippen LogP contribution in [-0.4, -0.2) is 19.3 Å². The maximum absolute atomic E-state index is 12.3. The molecule has 0 spiro atoms. The molecule has 1 saturated carbocycles. The summed E-state index contributed by atoms with van der Waals surface area (Å²) in [6.45, 7) is 0. The minimum Gasteiger partial charge on any atom is -0.316 e. The maximum atomic E-state index is 12.3. The molecule has 1 aliphatic rings. The van der Waals surface area contributed by atoms with Crippen molar-refractivity contribution in [3.63, 3.8) is 0 Å². The molecule has 1 N–H and O–H groups in total. The highest BCUT2D eigenvalue weighted by molar-refractivity contribution is 4.84. The van der Waals surface area contributed by atoms with Crippen molar-refractivity contribution in [2.24, 2.45) is 5.92 Å². The molecular weight excluding hydrogens is 167 g/mol. The first-order chi connectivity index (χ1) is 5.55. The molecule has 0 aromatic rings. The normalized spacial score (nSPS) is 32.0. The molecule has 1 fully saturated rings. The zero-order chi connectivity index (χ0) is 9.19. The van der Waals surface area contributed by atoms with Gasteiger partial charge in [0, 0.05) is 6.04 Å². The van der Waals surface area contributed by atoms with Gasteiger partial charge >= 0.3 is 6.18 Å². The van der Waals surface area contributed by atoms with Crippen molar-refractivity contribution in [2.75, 3.05) is 7.05 Å². The Morgan fingerprint density at radius 2 is 1.75 bits per heavy atom. The maximum Gasteiger partial charge on any atom is 0.393 e. The van der Waals surface area contributed by atoms with Crippen molar-refractivity contribution in [1.29, 1.82) is 0 Å². The first kappa shape index (κ1) is 9.84. The van der Waals surface area contributed by atoms with E-state index in [4.69, 9.17) is 0 Å². The van der Waals surface area contributed by atoms with Crippen LogP contribution in [0.1, 0.15) is 25.7 Å². The van der Waals surface area contributed by atoms with Gasteiger partial charge in [-0.05, 0) is 19.9 Å². The Kier molecular flexibility index (Phi) is 2.99. The Morgan fingerprint density at radius 3 is 2.17 bits per heavy atom. The fourth-order valence-corrected chi connectivity index (χ4v) is 1.87. The van der Waals surface area contributed by atoms with Crippen LogP contribution in [0.25, 0.3) is 0 Å². The summed E-state index contributed by atoms with van der Waals surface area (Å²) in [6.07, 6.45) is -1.45. The number of halogens is 3. The third-order valence-electron chi connectivity index (χ3n) is 2.56. The fraction of sp³-hybridized carbons (Fsp3) is 1.00. The molecule has 0 aliphatic heterocycles. The summed E-state index contributed by atoms with van der Waals surface area (Å²) in [7, 11) is 1.61. The van der Waals surface area contributed by atoms with E-state index in [0.717, 1.165) is 6.42 Å². The van der Waals surface area contributed by atoms with Gasteiger partial charge in [-0.3, -0.25) is 0 Å². The van der Waals surface area contributed by atoms with Gasteiger partial charge in [-0.25, -0.2) is 0 Å². The van der Waals surface area contributed by atoms with E-state index >= 15 is 0 Å². The number of rotatable bonds is 1. The Hall–Kier alpha value is -0.250. The van der Waals surface area contributed by atoms with Crippen LogP contribution in [0.4, 0.5) is 13.2 Å². The summed E-state index contributed by atoms with van der Waals surface area (Å²) >= 11 is 0. The second-order valence-electron chi connectivity index (χ2n) is 3.33. The van der Waals surface area contributed by atoms with E-state index < -0.39 is 12.1 Å². The van der Waals surface area contributed by atoms with Crippen LogP contribution < -0.4 is 5.32 Å². The number of nitrogens with one attached hydrogen (secondary N) is 1. The molecule has 4 heteroatoms. The highest BCUT2D eigenvalue weighted by Gasteiger charge is 2.44. The van der Waals surface area contributed by atoms with E-state index in [1.165, 1.54) is 0 Å². The topological polar surface area (TPSA) is 12.0 Å². The molecule has 1 nitrogen and oxygen atoms in total. The zero-order valence-corrected chi connectivity index (χ0v) is 7.12. The lowest BCUT2D eigenvalue weighted by Gasteiger charge is -2.32. The Morgan fingerprint density at radius 1 is 1.17 bits per heavy atom. The van der Waals surface area contributed by atoms with Crippen molar-refractivity contribution in [3.05, 3.63) is 0 Å². The molecule has 0 aromatic heterocycles. The highest BCUT2D eigenvalue weighted by atomic mass is 19.4. The van der Waals surface area contributed by atoms with Crippen LogP contribution in [-0.2, 0) is 0 Å². The van der Waals surface area contributed by atoms with Crippen molar-refractivity contribution in [2.45, 2.75) is 37.9 Å². The van der Waals surface area contributed by atoms with Gasteiger partial charge < -0.3 is 5.32 Å². The van der Waals surface area contributed by atoms with Gasteiger partial charge in [-0.15, -0.1) is 0 Å². The van der Waals surface area contributed by atoms with E-state index in [1.54, 1.807) is 7.05 Å². The summed E-state index contributed by atoms with van der Waals surface area (Å²) < 4.78 is 37.0. The monoisotopic (exact) mass is 181 g/mol. The third kappa shape index (κ3) is 2.12. The number of hydrogen-bond acceptors (Lipinski definition) is 1. The van der Waals surface area contributed by atoms with Crippen LogP contribution >= 0.6 is 0 Å². The number of alkyl halides is 3. The Labute approximate surface area is 70.3 Å². The van der Waals surface area contributed by atoms with Crippen LogP contribution in [0.15, 0.2) is 0 Å². The summed E-state index contributed by atoms with van der Waals surface area (Å²) in [6, 6.07) is -0.362. The molecular formula is C8H14F3N. The van der Waals surface area contributed by atoms with Gasteiger partial charge in [0.05, 0.1) is 5.92 Å². The van der Waals surface area contributed by atoms with E-state index in [0.29, 0.717) is 12.8 Å². The van der Waals surface area contributed by atoms with Crippen molar-refractivity contribution in [3.8, 4) is 0 Å². The molecule has 0 radical (unpaired) electrons. The lowest BCUT2D eigenvalue weighted by molar-refractivity contribution is -0.188. The predicted octanol–water partition coefficient (Wildman–Crippen LogP) is 2.33. The van der Waals surface area contributed by atoms with Crippen LogP contribution in [0.2, 0.25) is 0 Å². The molecule has 0 aromatic carbocycles. The lowest BCUT2D eigenvalue weighted by Crippen LogP contribution is -2.43. The number of hydrogen-bond donors (Lipinski definition) is 1. The van der Waals surface area contributed by atoms with E-state index in [2.05, 4.69) is 5.32 Å². The molecule has 2 atom stereocenters. The lowest BCUT2D eigenvalue weighted by atomic mass is 9.84. The molecule has 1 rings (SSSR count). The van der Waals surface area contributed by atoms with E-state index in [9.17, 15) is 13.2 Å². The Balaban J connectivity index is 2.59. The summed E-state index contributed by atoms with van der Waals surface area (Å²) in [5.41, 5.74) is 0. The second kappa shape index (κ2) is 3.64. The van der Waals surface area contributed by atoms with E-state index in [1.807, 2.05) is 0 Å². The minimum atomic E-state index is -4.02. The van der Waals surface area contributed by atoms with Gasteiger partial charge in [0.25, 0.3) is 0 Å². The quantitative estimate of drug-likeness (QED) is 0.654. The molecule has 72 valence electrons. The van der Waals surface area contributed by atoms with E-state index in [-0.39, 0.29) is 12.5 Å². The molecule has 0 unspecified atom stereocenters. The highest BCUT2D eigenvalue weighted by Crippen LogP contribution is 2.37.